The number of sulfone groups is 1. The number of aryl methyl sites for hydroxylation is 2. The molecule has 0 spiro atoms. The van der Waals surface area contributed by atoms with Gasteiger partial charge in [-0.1, -0.05) is 25.1 Å². The van der Waals surface area contributed by atoms with Crippen LogP contribution >= 0.6 is 0 Å². The summed E-state index contributed by atoms with van der Waals surface area (Å²) in [7, 11) is -3.13. The number of nitrogens with one attached hydrogen (secondary N) is 1. The molecule has 0 aliphatic carbocycles. The first-order valence-electron chi connectivity index (χ1n) is 7.09. The molecule has 0 saturated heterocycles. The largest absolute Gasteiger partial charge is 0.312 e. The monoisotopic (exact) mass is 297 g/mol. The van der Waals surface area contributed by atoms with Gasteiger partial charge in [-0.3, -0.25) is 0 Å². The fourth-order valence-electron chi connectivity index (χ4n) is 2.44. The zero-order valence-corrected chi connectivity index (χ0v) is 14.3. The zero-order valence-electron chi connectivity index (χ0n) is 13.4. The first-order valence-corrected chi connectivity index (χ1v) is 8.98. The minimum Gasteiger partial charge on any atom is -0.312 e. The first kappa shape index (κ1) is 17.2. The van der Waals surface area contributed by atoms with Crippen LogP contribution in [0, 0.1) is 13.8 Å². The Labute approximate surface area is 123 Å². The van der Waals surface area contributed by atoms with Crippen molar-refractivity contribution in [2.45, 2.75) is 51.8 Å². The second-order valence-corrected chi connectivity index (χ2v) is 8.66. The number of hydrogen-bond donors (Lipinski definition) is 1. The molecule has 1 unspecified atom stereocenters. The molecule has 0 radical (unpaired) electrons. The van der Waals surface area contributed by atoms with E-state index >= 15 is 0 Å². The van der Waals surface area contributed by atoms with Gasteiger partial charge in [0, 0.05) is 12.3 Å². The summed E-state index contributed by atoms with van der Waals surface area (Å²) in [5, 5.41) is 3.35. The number of likely N-dealkylation sites (N-methyl/N-ethyl adjacent to an activating group) is 1. The molecular weight excluding hydrogens is 270 g/mol. The maximum atomic E-state index is 12.1. The normalized spacial score (nSPS) is 14.3. The molecule has 0 aliphatic heterocycles. The van der Waals surface area contributed by atoms with Crippen LogP contribution in [0.3, 0.4) is 0 Å². The summed E-state index contributed by atoms with van der Waals surface area (Å²) >= 11 is 0. The molecular formula is C16H27NO2S. The van der Waals surface area contributed by atoms with E-state index in [0.717, 1.165) is 13.0 Å². The fourth-order valence-corrected chi connectivity index (χ4v) is 3.13. The van der Waals surface area contributed by atoms with Crippen LogP contribution in [0.2, 0.25) is 0 Å². The SMILES string of the molecule is CCNC(Cc1c(C)cccc1C)C(C)(C)S(C)(=O)=O. The number of rotatable bonds is 6. The molecule has 114 valence electrons. The fraction of sp³-hybridized carbons (Fsp3) is 0.625. The lowest BCUT2D eigenvalue weighted by atomic mass is 9.90. The van der Waals surface area contributed by atoms with Gasteiger partial charge in [0.25, 0.3) is 0 Å². The van der Waals surface area contributed by atoms with Crippen LogP contribution in [0.25, 0.3) is 0 Å². The highest BCUT2D eigenvalue weighted by molar-refractivity contribution is 7.92. The third-order valence-electron chi connectivity index (χ3n) is 4.30. The Morgan fingerprint density at radius 2 is 1.70 bits per heavy atom. The van der Waals surface area contributed by atoms with Crippen LogP contribution in [0.5, 0.6) is 0 Å². The van der Waals surface area contributed by atoms with Gasteiger partial charge in [0.1, 0.15) is 0 Å². The maximum Gasteiger partial charge on any atom is 0.154 e. The van der Waals surface area contributed by atoms with E-state index in [4.69, 9.17) is 0 Å². The van der Waals surface area contributed by atoms with Crippen LogP contribution in [0.4, 0.5) is 0 Å². The molecule has 0 heterocycles. The van der Waals surface area contributed by atoms with Gasteiger partial charge in [0.2, 0.25) is 0 Å². The van der Waals surface area contributed by atoms with Crippen LogP contribution in [0.1, 0.15) is 37.5 Å². The van der Waals surface area contributed by atoms with Crippen molar-refractivity contribution in [2.75, 3.05) is 12.8 Å². The van der Waals surface area contributed by atoms with Crippen molar-refractivity contribution in [1.82, 2.24) is 5.32 Å². The third-order valence-corrected chi connectivity index (χ3v) is 6.49. The van der Waals surface area contributed by atoms with E-state index in [2.05, 4.69) is 31.3 Å². The molecule has 20 heavy (non-hydrogen) atoms. The second-order valence-electron chi connectivity index (χ2n) is 6.06. The van der Waals surface area contributed by atoms with Gasteiger partial charge >= 0.3 is 0 Å². The standard InChI is InChI=1S/C16H27NO2S/c1-7-17-15(16(4,5)20(6,18)19)11-14-12(2)9-8-10-13(14)3/h8-10,15,17H,7,11H2,1-6H3. The lowest BCUT2D eigenvalue weighted by Crippen LogP contribution is -2.52. The maximum absolute atomic E-state index is 12.1. The van der Waals surface area contributed by atoms with E-state index in [-0.39, 0.29) is 6.04 Å². The Balaban J connectivity index is 3.17. The van der Waals surface area contributed by atoms with Gasteiger partial charge in [-0.25, -0.2) is 8.42 Å². The van der Waals surface area contributed by atoms with Crippen molar-refractivity contribution < 1.29 is 8.42 Å². The van der Waals surface area contributed by atoms with E-state index in [0.29, 0.717) is 0 Å². The molecule has 1 aromatic rings. The van der Waals surface area contributed by atoms with Crippen molar-refractivity contribution >= 4 is 9.84 Å². The van der Waals surface area contributed by atoms with E-state index in [9.17, 15) is 8.42 Å². The molecule has 1 atom stereocenters. The predicted octanol–water partition coefficient (Wildman–Crippen LogP) is 2.65. The van der Waals surface area contributed by atoms with Crippen molar-refractivity contribution in [3.05, 3.63) is 34.9 Å². The highest BCUT2D eigenvalue weighted by Gasteiger charge is 2.38. The molecule has 1 N–H and O–H groups in total. The summed E-state index contributed by atoms with van der Waals surface area (Å²) in [6.07, 6.45) is 2.05. The summed E-state index contributed by atoms with van der Waals surface area (Å²) in [6, 6.07) is 6.11. The molecule has 0 aromatic heterocycles. The first-order chi connectivity index (χ1) is 9.11. The highest BCUT2D eigenvalue weighted by atomic mass is 32.2. The molecule has 0 saturated carbocycles. The summed E-state index contributed by atoms with van der Waals surface area (Å²) < 4.78 is 23.4. The Hall–Kier alpha value is -0.870. The number of hydrogen-bond acceptors (Lipinski definition) is 3. The molecule has 4 heteroatoms. The Morgan fingerprint density at radius 1 is 1.20 bits per heavy atom. The zero-order chi connectivity index (χ0) is 15.6. The molecule has 0 amide bonds. The lowest BCUT2D eigenvalue weighted by molar-refractivity contribution is 0.412. The van der Waals surface area contributed by atoms with Crippen LogP contribution < -0.4 is 5.32 Å². The second kappa shape index (κ2) is 6.27. The van der Waals surface area contributed by atoms with Gasteiger partial charge < -0.3 is 5.32 Å². The smallest absolute Gasteiger partial charge is 0.154 e. The van der Waals surface area contributed by atoms with E-state index < -0.39 is 14.6 Å². The van der Waals surface area contributed by atoms with Crippen LogP contribution in [-0.2, 0) is 16.3 Å². The lowest BCUT2D eigenvalue weighted by Gasteiger charge is -2.34. The van der Waals surface area contributed by atoms with Crippen molar-refractivity contribution in [3.8, 4) is 0 Å². The van der Waals surface area contributed by atoms with Gasteiger partial charge in [-0.15, -0.1) is 0 Å². The highest BCUT2D eigenvalue weighted by Crippen LogP contribution is 2.25. The van der Waals surface area contributed by atoms with Crippen LogP contribution in [-0.4, -0.2) is 32.0 Å². The van der Waals surface area contributed by atoms with E-state index in [1.165, 1.54) is 22.9 Å². The van der Waals surface area contributed by atoms with Crippen molar-refractivity contribution in [3.63, 3.8) is 0 Å². The molecule has 1 aromatic carbocycles. The summed E-state index contributed by atoms with van der Waals surface area (Å²) in [5.74, 6) is 0. The Kier molecular flexibility index (Phi) is 5.39. The molecule has 1 rings (SSSR count). The van der Waals surface area contributed by atoms with Gasteiger partial charge in [-0.05, 0) is 57.4 Å². The predicted molar refractivity (Wildman–Crippen MR) is 86.0 cm³/mol. The van der Waals surface area contributed by atoms with Gasteiger partial charge in [-0.2, -0.15) is 0 Å². The Morgan fingerprint density at radius 3 is 2.10 bits per heavy atom. The third kappa shape index (κ3) is 3.61. The quantitative estimate of drug-likeness (QED) is 0.878. The van der Waals surface area contributed by atoms with Crippen LogP contribution in [0.15, 0.2) is 18.2 Å². The van der Waals surface area contributed by atoms with E-state index in [1.54, 1.807) is 0 Å². The topological polar surface area (TPSA) is 46.2 Å². The molecule has 0 fully saturated rings. The average Bonchev–Trinajstić information content (AvgIpc) is 2.31. The summed E-state index contributed by atoms with van der Waals surface area (Å²) in [6.45, 7) is 10.6. The number of benzene rings is 1. The molecule has 0 aliphatic rings. The minimum atomic E-state index is -3.13. The average molecular weight is 297 g/mol. The summed E-state index contributed by atoms with van der Waals surface area (Å²) in [4.78, 5) is 0. The molecule has 0 bridgehead atoms. The summed E-state index contributed by atoms with van der Waals surface area (Å²) in [5.41, 5.74) is 3.68. The van der Waals surface area contributed by atoms with Crippen molar-refractivity contribution in [2.24, 2.45) is 0 Å². The minimum absolute atomic E-state index is 0.0951. The van der Waals surface area contributed by atoms with E-state index in [1.807, 2.05) is 26.8 Å². The Bertz CT molecular complexity index is 542. The molecule has 3 nitrogen and oxygen atoms in total. The van der Waals surface area contributed by atoms with Crippen molar-refractivity contribution in [1.29, 1.82) is 0 Å². The van der Waals surface area contributed by atoms with Gasteiger partial charge in [0.15, 0.2) is 9.84 Å². The van der Waals surface area contributed by atoms with Gasteiger partial charge in [0.05, 0.1) is 4.75 Å².